The zero-order valence-corrected chi connectivity index (χ0v) is 13.1. The number of hydrogen-bond acceptors (Lipinski definition) is 3. The van der Waals surface area contributed by atoms with Crippen LogP contribution in [0.15, 0.2) is 30.3 Å². The molecule has 1 aliphatic rings. The number of ether oxygens (including phenoxy) is 1. The Balaban J connectivity index is 1.69. The van der Waals surface area contributed by atoms with Gasteiger partial charge in [0.2, 0.25) is 5.91 Å². The highest BCUT2D eigenvalue weighted by atomic mass is 16.6. The number of piperidine rings is 1. The molecule has 2 rings (SSSR count). The molecule has 1 N–H and O–H groups in total. The van der Waals surface area contributed by atoms with Gasteiger partial charge in [0, 0.05) is 25.6 Å². The van der Waals surface area contributed by atoms with Crippen LogP contribution in [0, 0.1) is 0 Å². The molecular weight excluding hydrogens is 280 g/mol. The van der Waals surface area contributed by atoms with Crippen LogP contribution in [0.2, 0.25) is 0 Å². The molecule has 2 amide bonds. The van der Waals surface area contributed by atoms with Gasteiger partial charge in [0.25, 0.3) is 0 Å². The van der Waals surface area contributed by atoms with Crippen molar-refractivity contribution in [3.8, 4) is 0 Å². The van der Waals surface area contributed by atoms with Gasteiger partial charge in [0.1, 0.15) is 6.61 Å². The summed E-state index contributed by atoms with van der Waals surface area (Å²) in [5.41, 5.74) is 0.984. The number of likely N-dealkylation sites (tertiary alicyclic amines) is 1. The van der Waals surface area contributed by atoms with Crippen molar-refractivity contribution in [1.82, 2.24) is 10.2 Å². The fourth-order valence-electron chi connectivity index (χ4n) is 2.54. The highest BCUT2D eigenvalue weighted by Crippen LogP contribution is 2.13. The molecule has 1 aliphatic heterocycles. The van der Waals surface area contributed by atoms with Crippen LogP contribution in [0.4, 0.5) is 4.79 Å². The van der Waals surface area contributed by atoms with Crippen LogP contribution in [-0.4, -0.2) is 36.0 Å². The molecule has 1 fully saturated rings. The van der Waals surface area contributed by atoms with Crippen molar-refractivity contribution in [3.63, 3.8) is 0 Å². The molecule has 5 heteroatoms. The van der Waals surface area contributed by atoms with Crippen molar-refractivity contribution in [1.29, 1.82) is 0 Å². The van der Waals surface area contributed by atoms with Gasteiger partial charge < -0.3 is 15.0 Å². The largest absolute Gasteiger partial charge is 0.445 e. The number of carbonyl (C=O) groups excluding carboxylic acids is 2. The van der Waals surface area contributed by atoms with E-state index in [4.69, 9.17) is 4.74 Å². The number of rotatable bonds is 5. The predicted molar refractivity (Wildman–Crippen MR) is 84.3 cm³/mol. The molecule has 0 atom stereocenters. The van der Waals surface area contributed by atoms with E-state index < -0.39 is 0 Å². The smallest absolute Gasteiger partial charge is 0.410 e. The number of nitrogens with zero attached hydrogens (tertiary/aromatic N) is 1. The SMILES string of the molecule is CCCC(=O)NC1CCN(C(=O)OCc2ccccc2)CC1. The van der Waals surface area contributed by atoms with Crippen molar-refractivity contribution in [2.24, 2.45) is 0 Å². The van der Waals surface area contributed by atoms with Gasteiger partial charge in [-0.3, -0.25) is 4.79 Å². The van der Waals surface area contributed by atoms with Crippen LogP contribution in [0.3, 0.4) is 0 Å². The maximum atomic E-state index is 12.0. The molecule has 1 aromatic carbocycles. The maximum Gasteiger partial charge on any atom is 0.410 e. The molecule has 0 spiro atoms. The zero-order valence-electron chi connectivity index (χ0n) is 13.1. The lowest BCUT2D eigenvalue weighted by molar-refractivity contribution is -0.122. The second-order valence-corrected chi connectivity index (χ2v) is 5.62. The standard InChI is InChI=1S/C17H24N2O3/c1-2-6-16(20)18-15-9-11-19(12-10-15)17(21)22-13-14-7-4-3-5-8-14/h3-5,7-8,15H,2,6,9-13H2,1H3,(H,18,20). The second-order valence-electron chi connectivity index (χ2n) is 5.62. The molecule has 1 aromatic rings. The third-order valence-corrected chi connectivity index (χ3v) is 3.80. The van der Waals surface area contributed by atoms with Gasteiger partial charge in [-0.05, 0) is 24.8 Å². The summed E-state index contributed by atoms with van der Waals surface area (Å²) in [7, 11) is 0. The summed E-state index contributed by atoms with van der Waals surface area (Å²) < 4.78 is 5.32. The Morgan fingerprint density at radius 2 is 1.91 bits per heavy atom. The summed E-state index contributed by atoms with van der Waals surface area (Å²) in [6.07, 6.45) is 2.73. The van der Waals surface area contributed by atoms with E-state index >= 15 is 0 Å². The topological polar surface area (TPSA) is 58.6 Å². The Bertz CT molecular complexity index is 482. The van der Waals surface area contributed by atoms with E-state index in [2.05, 4.69) is 5.32 Å². The van der Waals surface area contributed by atoms with Crippen LogP contribution in [0.25, 0.3) is 0 Å². The Morgan fingerprint density at radius 1 is 1.23 bits per heavy atom. The normalized spacial score (nSPS) is 15.4. The van der Waals surface area contributed by atoms with Gasteiger partial charge in [-0.25, -0.2) is 4.79 Å². The highest BCUT2D eigenvalue weighted by molar-refractivity contribution is 5.76. The fraction of sp³-hybridized carbons (Fsp3) is 0.529. The van der Waals surface area contributed by atoms with Gasteiger partial charge in [-0.1, -0.05) is 37.3 Å². The summed E-state index contributed by atoms with van der Waals surface area (Å²) in [6.45, 7) is 3.55. The van der Waals surface area contributed by atoms with Crippen LogP contribution in [-0.2, 0) is 16.1 Å². The van der Waals surface area contributed by atoms with E-state index in [0.717, 1.165) is 24.8 Å². The molecule has 0 radical (unpaired) electrons. The third kappa shape index (κ3) is 5.06. The van der Waals surface area contributed by atoms with E-state index in [9.17, 15) is 9.59 Å². The lowest BCUT2D eigenvalue weighted by atomic mass is 10.1. The predicted octanol–water partition coefficient (Wildman–Crippen LogP) is 2.70. The number of hydrogen-bond donors (Lipinski definition) is 1. The molecule has 0 saturated carbocycles. The first-order chi connectivity index (χ1) is 10.7. The lowest BCUT2D eigenvalue weighted by Gasteiger charge is -2.31. The Morgan fingerprint density at radius 3 is 2.55 bits per heavy atom. The molecule has 22 heavy (non-hydrogen) atoms. The summed E-state index contributed by atoms with van der Waals surface area (Å²) in [6, 6.07) is 9.83. The summed E-state index contributed by atoms with van der Waals surface area (Å²) >= 11 is 0. The van der Waals surface area contributed by atoms with E-state index in [0.29, 0.717) is 26.1 Å². The molecule has 5 nitrogen and oxygen atoms in total. The van der Waals surface area contributed by atoms with E-state index in [1.54, 1.807) is 4.90 Å². The van der Waals surface area contributed by atoms with Crippen molar-refractivity contribution in [2.75, 3.05) is 13.1 Å². The number of carbonyl (C=O) groups is 2. The average molecular weight is 304 g/mol. The van der Waals surface area contributed by atoms with Crippen LogP contribution in [0.1, 0.15) is 38.2 Å². The van der Waals surface area contributed by atoms with Gasteiger partial charge in [0.15, 0.2) is 0 Å². The number of amides is 2. The highest BCUT2D eigenvalue weighted by Gasteiger charge is 2.24. The third-order valence-electron chi connectivity index (χ3n) is 3.80. The Kier molecular flexibility index (Phi) is 6.25. The lowest BCUT2D eigenvalue weighted by Crippen LogP contribution is -2.46. The fourth-order valence-corrected chi connectivity index (χ4v) is 2.54. The van der Waals surface area contributed by atoms with Crippen molar-refractivity contribution in [3.05, 3.63) is 35.9 Å². The van der Waals surface area contributed by atoms with E-state index in [1.807, 2.05) is 37.3 Å². The van der Waals surface area contributed by atoms with Crippen molar-refractivity contribution >= 4 is 12.0 Å². The molecule has 0 aromatic heterocycles. The second kappa shape index (κ2) is 8.41. The van der Waals surface area contributed by atoms with Gasteiger partial charge in [-0.2, -0.15) is 0 Å². The monoisotopic (exact) mass is 304 g/mol. The number of nitrogens with one attached hydrogen (secondary N) is 1. The molecule has 120 valence electrons. The van der Waals surface area contributed by atoms with Gasteiger partial charge in [0.05, 0.1) is 0 Å². The minimum absolute atomic E-state index is 0.104. The zero-order chi connectivity index (χ0) is 15.8. The maximum absolute atomic E-state index is 12.0. The van der Waals surface area contributed by atoms with Gasteiger partial charge >= 0.3 is 6.09 Å². The van der Waals surface area contributed by atoms with Gasteiger partial charge in [-0.15, -0.1) is 0 Å². The summed E-state index contributed by atoms with van der Waals surface area (Å²) in [5.74, 6) is 0.104. The van der Waals surface area contributed by atoms with Crippen LogP contribution >= 0.6 is 0 Å². The molecular formula is C17H24N2O3. The summed E-state index contributed by atoms with van der Waals surface area (Å²) in [5, 5.41) is 3.02. The van der Waals surface area contributed by atoms with Crippen LogP contribution < -0.4 is 5.32 Å². The van der Waals surface area contributed by atoms with E-state index in [-0.39, 0.29) is 18.0 Å². The quantitative estimate of drug-likeness (QED) is 0.910. The molecule has 1 heterocycles. The molecule has 0 bridgehead atoms. The van der Waals surface area contributed by atoms with E-state index in [1.165, 1.54) is 0 Å². The Labute approximate surface area is 131 Å². The molecule has 0 unspecified atom stereocenters. The first-order valence-corrected chi connectivity index (χ1v) is 7.94. The minimum Gasteiger partial charge on any atom is -0.445 e. The Hall–Kier alpha value is -2.04. The first-order valence-electron chi connectivity index (χ1n) is 7.94. The first kappa shape index (κ1) is 16.3. The summed E-state index contributed by atoms with van der Waals surface area (Å²) in [4.78, 5) is 25.3. The molecule has 0 aliphatic carbocycles. The molecule has 1 saturated heterocycles. The average Bonchev–Trinajstić information content (AvgIpc) is 2.54. The van der Waals surface area contributed by atoms with Crippen molar-refractivity contribution in [2.45, 2.75) is 45.3 Å². The van der Waals surface area contributed by atoms with Crippen molar-refractivity contribution < 1.29 is 14.3 Å². The van der Waals surface area contributed by atoms with Crippen LogP contribution in [0.5, 0.6) is 0 Å². The number of benzene rings is 1. The minimum atomic E-state index is -0.276.